The van der Waals surface area contributed by atoms with E-state index in [-0.39, 0.29) is 24.3 Å². The van der Waals surface area contributed by atoms with Crippen LogP contribution in [0.3, 0.4) is 0 Å². The van der Waals surface area contributed by atoms with Gasteiger partial charge in [0, 0.05) is 23.9 Å². The smallest absolute Gasteiger partial charge is 0.315 e. The van der Waals surface area contributed by atoms with Crippen molar-refractivity contribution in [1.29, 1.82) is 0 Å². The highest BCUT2D eigenvalue weighted by molar-refractivity contribution is 5.97. The molecular formula is C30H32FN5O2. The lowest BCUT2D eigenvalue weighted by molar-refractivity contribution is -0.116. The van der Waals surface area contributed by atoms with Crippen LogP contribution in [0.4, 0.5) is 20.7 Å². The number of hydrogen-bond acceptors (Lipinski definition) is 3. The largest absolute Gasteiger partial charge is 0.322 e. The molecule has 0 radical (unpaired) electrons. The molecule has 8 heteroatoms. The Balaban J connectivity index is 1.55. The Hall–Kier alpha value is -4.46. The van der Waals surface area contributed by atoms with Crippen LogP contribution in [0.5, 0.6) is 0 Å². The predicted octanol–water partition coefficient (Wildman–Crippen LogP) is 6.65. The lowest BCUT2D eigenvalue weighted by Gasteiger charge is -2.23. The van der Waals surface area contributed by atoms with Crippen molar-refractivity contribution in [2.45, 2.75) is 33.1 Å². The van der Waals surface area contributed by atoms with Crippen molar-refractivity contribution >= 4 is 23.4 Å². The van der Waals surface area contributed by atoms with Crippen LogP contribution in [0.15, 0.2) is 84.9 Å². The summed E-state index contributed by atoms with van der Waals surface area (Å²) in [5.74, 6) is -0.297. The standard InChI is InChI=1S/C30H32FN5O2/c1-3-4-10-19-35(30(38)32-26-14-9-8-11-22(26)2)21-29(37)33-28-20-27(23-12-6-5-7-13-23)34-36(28)25-17-15-24(31)16-18-25/h5-9,11-18,20H,3-4,10,19,21H2,1-2H3,(H,32,38)(H,33,37). The molecule has 7 nitrogen and oxygen atoms in total. The Kier molecular flexibility index (Phi) is 8.87. The zero-order valence-electron chi connectivity index (χ0n) is 21.7. The molecule has 4 aromatic rings. The van der Waals surface area contributed by atoms with Gasteiger partial charge in [-0.15, -0.1) is 0 Å². The fraction of sp³-hybridized carbons (Fsp3) is 0.233. The van der Waals surface area contributed by atoms with Crippen molar-refractivity contribution in [1.82, 2.24) is 14.7 Å². The second-order valence-corrected chi connectivity index (χ2v) is 9.09. The molecule has 2 N–H and O–H groups in total. The van der Waals surface area contributed by atoms with Crippen molar-refractivity contribution in [3.8, 4) is 16.9 Å². The number of anilines is 2. The molecule has 1 heterocycles. The van der Waals surface area contributed by atoms with Gasteiger partial charge in [0.15, 0.2) is 0 Å². The van der Waals surface area contributed by atoms with Crippen molar-refractivity contribution in [3.63, 3.8) is 0 Å². The second kappa shape index (κ2) is 12.7. The average molecular weight is 514 g/mol. The second-order valence-electron chi connectivity index (χ2n) is 9.09. The monoisotopic (exact) mass is 513 g/mol. The van der Waals surface area contributed by atoms with Crippen LogP contribution in [0, 0.1) is 12.7 Å². The third-order valence-electron chi connectivity index (χ3n) is 6.16. The molecule has 0 atom stereocenters. The molecule has 3 amide bonds. The molecule has 38 heavy (non-hydrogen) atoms. The van der Waals surface area contributed by atoms with E-state index in [9.17, 15) is 14.0 Å². The van der Waals surface area contributed by atoms with E-state index in [1.54, 1.807) is 22.9 Å². The first kappa shape index (κ1) is 26.6. The summed E-state index contributed by atoms with van der Waals surface area (Å²) in [6.45, 7) is 4.33. The number of rotatable bonds is 10. The lowest BCUT2D eigenvalue weighted by atomic mass is 10.1. The molecule has 0 aliphatic carbocycles. The minimum absolute atomic E-state index is 0.128. The van der Waals surface area contributed by atoms with Gasteiger partial charge in [0.2, 0.25) is 5.91 Å². The summed E-state index contributed by atoms with van der Waals surface area (Å²) in [4.78, 5) is 27.9. The first-order valence-corrected chi connectivity index (χ1v) is 12.8. The molecule has 0 saturated heterocycles. The fourth-order valence-corrected chi connectivity index (χ4v) is 4.07. The zero-order valence-corrected chi connectivity index (χ0v) is 21.7. The van der Waals surface area contributed by atoms with E-state index in [1.165, 1.54) is 17.0 Å². The molecule has 0 aliphatic heterocycles. The van der Waals surface area contributed by atoms with E-state index in [1.807, 2.05) is 61.5 Å². The van der Waals surface area contributed by atoms with Crippen LogP contribution in [0.25, 0.3) is 16.9 Å². The lowest BCUT2D eigenvalue weighted by Crippen LogP contribution is -2.41. The van der Waals surface area contributed by atoms with Crippen molar-refractivity contribution in [2.75, 3.05) is 23.7 Å². The molecule has 1 aromatic heterocycles. The zero-order chi connectivity index (χ0) is 26.9. The van der Waals surface area contributed by atoms with Crippen molar-refractivity contribution in [2.24, 2.45) is 0 Å². The number of carbonyl (C=O) groups is 2. The maximum absolute atomic E-state index is 13.6. The van der Waals surface area contributed by atoms with Crippen LogP contribution < -0.4 is 10.6 Å². The normalized spacial score (nSPS) is 10.7. The third kappa shape index (κ3) is 6.85. The highest BCUT2D eigenvalue weighted by atomic mass is 19.1. The summed E-state index contributed by atoms with van der Waals surface area (Å²) < 4.78 is 15.1. The van der Waals surface area contributed by atoms with Crippen LogP contribution >= 0.6 is 0 Å². The molecule has 196 valence electrons. The quantitative estimate of drug-likeness (QED) is 0.233. The van der Waals surface area contributed by atoms with Crippen LogP contribution in [0.2, 0.25) is 0 Å². The number of nitrogens with one attached hydrogen (secondary N) is 2. The van der Waals surface area contributed by atoms with E-state index >= 15 is 0 Å². The van der Waals surface area contributed by atoms with Crippen LogP contribution in [-0.4, -0.2) is 39.7 Å². The summed E-state index contributed by atoms with van der Waals surface area (Å²) >= 11 is 0. The maximum Gasteiger partial charge on any atom is 0.322 e. The molecule has 3 aromatic carbocycles. The van der Waals surface area contributed by atoms with Gasteiger partial charge in [-0.3, -0.25) is 4.79 Å². The van der Waals surface area contributed by atoms with Gasteiger partial charge in [-0.2, -0.15) is 5.10 Å². The Morgan fingerprint density at radius 2 is 1.63 bits per heavy atom. The number of halogens is 1. The van der Waals surface area contributed by atoms with Gasteiger partial charge in [0.25, 0.3) is 0 Å². The average Bonchev–Trinajstić information content (AvgIpc) is 3.34. The summed E-state index contributed by atoms with van der Waals surface area (Å²) in [5.41, 5.74) is 3.78. The van der Waals surface area contributed by atoms with Gasteiger partial charge in [0.05, 0.1) is 11.4 Å². The van der Waals surface area contributed by atoms with Gasteiger partial charge < -0.3 is 15.5 Å². The topological polar surface area (TPSA) is 79.3 Å². The Labute approximate surface area is 222 Å². The minimum Gasteiger partial charge on any atom is -0.315 e. The van der Waals surface area contributed by atoms with E-state index in [4.69, 9.17) is 0 Å². The van der Waals surface area contributed by atoms with Gasteiger partial charge in [-0.25, -0.2) is 13.9 Å². The highest BCUT2D eigenvalue weighted by Gasteiger charge is 2.20. The highest BCUT2D eigenvalue weighted by Crippen LogP contribution is 2.25. The van der Waals surface area contributed by atoms with Crippen LogP contribution in [-0.2, 0) is 4.79 Å². The Morgan fingerprint density at radius 1 is 0.921 bits per heavy atom. The van der Waals surface area contributed by atoms with Crippen molar-refractivity contribution < 1.29 is 14.0 Å². The number of hydrogen-bond donors (Lipinski definition) is 2. The first-order chi connectivity index (χ1) is 18.4. The van der Waals surface area contributed by atoms with Gasteiger partial charge in [-0.05, 0) is 49.2 Å². The molecule has 0 spiro atoms. The van der Waals surface area contributed by atoms with E-state index in [0.29, 0.717) is 29.4 Å². The number of urea groups is 1. The number of carbonyl (C=O) groups excluding carboxylic acids is 2. The Bertz CT molecular complexity index is 1370. The third-order valence-corrected chi connectivity index (χ3v) is 6.16. The number of aryl methyl sites for hydroxylation is 1. The minimum atomic E-state index is -0.364. The SMILES string of the molecule is CCCCCN(CC(=O)Nc1cc(-c2ccccc2)nn1-c1ccc(F)cc1)C(=O)Nc1ccccc1C. The molecule has 0 aliphatic rings. The predicted molar refractivity (Wildman–Crippen MR) is 149 cm³/mol. The molecule has 4 rings (SSSR count). The molecule has 0 bridgehead atoms. The first-order valence-electron chi connectivity index (χ1n) is 12.8. The number of amides is 3. The van der Waals surface area contributed by atoms with E-state index in [2.05, 4.69) is 22.7 Å². The molecule has 0 unspecified atom stereocenters. The van der Waals surface area contributed by atoms with Gasteiger partial charge in [0.1, 0.15) is 18.2 Å². The summed E-state index contributed by atoms with van der Waals surface area (Å²) in [6, 6.07) is 24.4. The van der Waals surface area contributed by atoms with Crippen molar-refractivity contribution in [3.05, 3.63) is 96.3 Å². The molecule has 0 fully saturated rings. The van der Waals surface area contributed by atoms with Crippen LogP contribution in [0.1, 0.15) is 31.7 Å². The number of para-hydroxylation sites is 1. The maximum atomic E-state index is 13.6. The summed E-state index contributed by atoms with van der Waals surface area (Å²) in [7, 11) is 0. The number of benzene rings is 3. The number of nitrogens with zero attached hydrogens (tertiary/aromatic N) is 3. The molecule has 0 saturated carbocycles. The summed E-state index contributed by atoms with van der Waals surface area (Å²) in [5, 5.41) is 10.5. The Morgan fingerprint density at radius 3 is 2.34 bits per heavy atom. The fourth-order valence-electron chi connectivity index (χ4n) is 4.07. The van der Waals surface area contributed by atoms with Gasteiger partial charge >= 0.3 is 6.03 Å². The molecular weight excluding hydrogens is 481 g/mol. The summed E-state index contributed by atoms with van der Waals surface area (Å²) in [6.07, 6.45) is 2.74. The number of aromatic nitrogens is 2. The van der Waals surface area contributed by atoms with Gasteiger partial charge in [-0.1, -0.05) is 68.3 Å². The van der Waals surface area contributed by atoms with E-state index < -0.39 is 0 Å². The van der Waals surface area contributed by atoms with E-state index in [0.717, 1.165) is 30.4 Å². The number of unbranched alkanes of at least 4 members (excludes halogenated alkanes) is 2.